The second-order valence-electron chi connectivity index (χ2n) is 3.07. The summed E-state index contributed by atoms with van der Waals surface area (Å²) >= 11 is 0. The normalized spacial score (nSPS) is 10.2. The lowest BCUT2D eigenvalue weighted by Gasteiger charge is -2.05. The van der Waals surface area contributed by atoms with E-state index in [0.29, 0.717) is 17.1 Å². The molecule has 0 heterocycles. The first kappa shape index (κ1) is 12.4. The minimum atomic E-state index is -3.32. The van der Waals surface area contributed by atoms with Crippen molar-refractivity contribution in [2.45, 2.75) is 0 Å². The Balaban J connectivity index is 3.23. The molecule has 0 aliphatic heterocycles. The van der Waals surface area contributed by atoms with E-state index in [1.54, 1.807) is 18.2 Å². The first-order valence-corrected chi connectivity index (χ1v) is 6.30. The van der Waals surface area contributed by atoms with Crippen LogP contribution in [0, 0.1) is 11.2 Å². The third-order valence-electron chi connectivity index (χ3n) is 1.78. The summed E-state index contributed by atoms with van der Waals surface area (Å²) in [5.41, 5.74) is 0.479. The van der Waals surface area contributed by atoms with Gasteiger partial charge in [0.15, 0.2) is 0 Å². The van der Waals surface area contributed by atoms with Crippen LogP contribution in [0.1, 0.15) is 5.56 Å². The van der Waals surface area contributed by atoms with Gasteiger partial charge in [-0.3, -0.25) is 0 Å². The quantitative estimate of drug-likeness (QED) is 0.725. The van der Waals surface area contributed by atoms with Gasteiger partial charge in [-0.2, -0.15) is 0 Å². The highest BCUT2D eigenvalue weighted by Gasteiger charge is 2.02. The highest BCUT2D eigenvalue weighted by molar-refractivity contribution is 7.95. The first-order chi connectivity index (χ1) is 7.46. The van der Waals surface area contributed by atoms with Crippen LogP contribution in [-0.4, -0.2) is 28.9 Å². The molecule has 0 aliphatic carbocycles. The lowest BCUT2D eigenvalue weighted by molar-refractivity contribution is 0.402. The molecular weight excluding hydrogens is 228 g/mol. The topological polar surface area (TPSA) is 52.6 Å². The molecule has 0 saturated heterocycles. The van der Waals surface area contributed by atoms with E-state index in [4.69, 9.17) is 9.47 Å². The van der Waals surface area contributed by atoms with E-state index in [9.17, 15) is 8.42 Å². The number of hydrogen-bond acceptors (Lipinski definition) is 4. The van der Waals surface area contributed by atoms with E-state index < -0.39 is 9.84 Å². The summed E-state index contributed by atoms with van der Waals surface area (Å²) in [6, 6.07) is 5.01. The van der Waals surface area contributed by atoms with Gasteiger partial charge in [0.05, 0.1) is 26.0 Å². The Morgan fingerprint density at radius 2 is 1.88 bits per heavy atom. The summed E-state index contributed by atoms with van der Waals surface area (Å²) in [7, 11) is -0.307. The van der Waals surface area contributed by atoms with Crippen LogP contribution in [-0.2, 0) is 9.84 Å². The maximum absolute atomic E-state index is 10.9. The lowest BCUT2D eigenvalue weighted by Crippen LogP contribution is -1.92. The molecule has 0 spiro atoms. The molecule has 0 amide bonds. The number of sulfone groups is 1. The average Bonchev–Trinajstić information content (AvgIpc) is 2.25. The molecule has 5 heteroatoms. The van der Waals surface area contributed by atoms with Gasteiger partial charge in [-0.05, 0) is 24.1 Å². The Bertz CT molecular complexity index is 535. The maximum atomic E-state index is 10.9. The Morgan fingerprint density at radius 3 is 2.38 bits per heavy atom. The van der Waals surface area contributed by atoms with Crippen LogP contribution in [0.5, 0.6) is 11.5 Å². The number of benzene rings is 1. The molecule has 0 fully saturated rings. The lowest BCUT2D eigenvalue weighted by atomic mass is 10.2. The second-order valence-corrected chi connectivity index (χ2v) is 4.81. The molecular formula is C11H12O4S. The van der Waals surface area contributed by atoms with Crippen molar-refractivity contribution in [3.8, 4) is 22.7 Å². The molecule has 0 atom stereocenters. The van der Waals surface area contributed by atoms with Crippen molar-refractivity contribution < 1.29 is 17.9 Å². The molecule has 1 aromatic carbocycles. The van der Waals surface area contributed by atoms with E-state index in [2.05, 4.69) is 11.2 Å². The molecule has 0 aromatic heterocycles. The van der Waals surface area contributed by atoms with Crippen LogP contribution in [0.3, 0.4) is 0 Å². The Morgan fingerprint density at radius 1 is 1.19 bits per heavy atom. The molecule has 1 rings (SSSR count). The number of hydrogen-bond donors (Lipinski definition) is 0. The maximum Gasteiger partial charge on any atom is 0.214 e. The first-order valence-electron chi connectivity index (χ1n) is 4.41. The van der Waals surface area contributed by atoms with Crippen molar-refractivity contribution in [2.75, 3.05) is 20.5 Å². The highest BCUT2D eigenvalue weighted by Crippen LogP contribution is 2.22. The fourth-order valence-corrected chi connectivity index (χ4v) is 1.35. The van der Waals surface area contributed by atoms with E-state index in [0.717, 1.165) is 6.26 Å². The fourth-order valence-electron chi connectivity index (χ4n) is 1.06. The molecule has 1 aromatic rings. The predicted octanol–water partition coefficient (Wildman–Crippen LogP) is 1.06. The van der Waals surface area contributed by atoms with Crippen LogP contribution in [0.4, 0.5) is 0 Å². The summed E-state index contributed by atoms with van der Waals surface area (Å²) in [6.07, 6.45) is 1.05. The summed E-state index contributed by atoms with van der Waals surface area (Å²) in [6.45, 7) is 0. The zero-order valence-corrected chi connectivity index (χ0v) is 10.1. The van der Waals surface area contributed by atoms with Gasteiger partial charge in [0.25, 0.3) is 0 Å². The zero-order chi connectivity index (χ0) is 12.2. The van der Waals surface area contributed by atoms with Crippen molar-refractivity contribution >= 4 is 9.84 Å². The SMILES string of the molecule is COc1ccc(OC)c(C#CS(C)(=O)=O)c1. The largest absolute Gasteiger partial charge is 0.497 e. The monoisotopic (exact) mass is 240 g/mol. The molecule has 0 aliphatic rings. The second kappa shape index (κ2) is 4.90. The Kier molecular flexibility index (Phi) is 3.80. The number of rotatable bonds is 2. The molecule has 4 nitrogen and oxygen atoms in total. The van der Waals surface area contributed by atoms with Crippen LogP contribution in [0.25, 0.3) is 0 Å². The molecule has 0 saturated carbocycles. The van der Waals surface area contributed by atoms with Crippen molar-refractivity contribution in [1.29, 1.82) is 0 Å². The minimum Gasteiger partial charge on any atom is -0.497 e. The predicted molar refractivity (Wildman–Crippen MR) is 61.3 cm³/mol. The van der Waals surface area contributed by atoms with Gasteiger partial charge in [0.2, 0.25) is 9.84 Å². The van der Waals surface area contributed by atoms with Gasteiger partial charge in [-0.1, -0.05) is 0 Å². The third-order valence-corrected chi connectivity index (χ3v) is 2.25. The van der Waals surface area contributed by atoms with E-state index >= 15 is 0 Å². The summed E-state index contributed by atoms with van der Waals surface area (Å²) in [4.78, 5) is 0. The van der Waals surface area contributed by atoms with E-state index in [1.807, 2.05) is 0 Å². The Hall–Kier alpha value is -1.67. The van der Waals surface area contributed by atoms with Gasteiger partial charge in [-0.25, -0.2) is 8.42 Å². The summed E-state index contributed by atoms with van der Waals surface area (Å²) in [5, 5.41) is 2.15. The van der Waals surface area contributed by atoms with Crippen molar-refractivity contribution in [1.82, 2.24) is 0 Å². The molecule has 86 valence electrons. The van der Waals surface area contributed by atoms with Gasteiger partial charge in [-0.15, -0.1) is 0 Å². The molecule has 0 unspecified atom stereocenters. The Labute approximate surface area is 95.1 Å². The standard InChI is InChI=1S/C11H12O4S/c1-14-10-4-5-11(15-2)9(8-10)6-7-16(3,12)13/h4-5,8H,1-3H3. The summed E-state index contributed by atoms with van der Waals surface area (Å²) in [5.74, 6) is 3.64. The third kappa shape index (κ3) is 3.48. The van der Waals surface area contributed by atoms with Gasteiger partial charge in [0.1, 0.15) is 11.5 Å². The average molecular weight is 240 g/mol. The smallest absolute Gasteiger partial charge is 0.214 e. The van der Waals surface area contributed by atoms with Crippen LogP contribution < -0.4 is 9.47 Å². The van der Waals surface area contributed by atoms with Crippen molar-refractivity contribution in [2.24, 2.45) is 0 Å². The molecule has 0 N–H and O–H groups in total. The van der Waals surface area contributed by atoms with E-state index in [1.165, 1.54) is 14.2 Å². The van der Waals surface area contributed by atoms with Gasteiger partial charge < -0.3 is 9.47 Å². The molecule has 0 bridgehead atoms. The van der Waals surface area contributed by atoms with E-state index in [-0.39, 0.29) is 0 Å². The van der Waals surface area contributed by atoms with Crippen LogP contribution >= 0.6 is 0 Å². The van der Waals surface area contributed by atoms with Crippen LogP contribution in [0.15, 0.2) is 18.2 Å². The molecule has 0 radical (unpaired) electrons. The number of ether oxygens (including phenoxy) is 2. The van der Waals surface area contributed by atoms with Gasteiger partial charge in [0, 0.05) is 5.25 Å². The molecule has 16 heavy (non-hydrogen) atoms. The minimum absolute atomic E-state index is 0.479. The van der Waals surface area contributed by atoms with Gasteiger partial charge >= 0.3 is 0 Å². The van der Waals surface area contributed by atoms with Crippen molar-refractivity contribution in [3.63, 3.8) is 0 Å². The fraction of sp³-hybridized carbons (Fsp3) is 0.273. The van der Waals surface area contributed by atoms with Crippen LogP contribution in [0.2, 0.25) is 0 Å². The highest BCUT2D eigenvalue weighted by atomic mass is 32.2. The summed E-state index contributed by atoms with van der Waals surface area (Å²) < 4.78 is 31.9. The number of methoxy groups -OCH3 is 2. The van der Waals surface area contributed by atoms with Crippen molar-refractivity contribution in [3.05, 3.63) is 23.8 Å². The zero-order valence-electron chi connectivity index (χ0n) is 9.27.